The number of carbonyl (C=O) groups is 1. The number of carbonyl (C=O) groups excluding carboxylic acids is 1. The summed E-state index contributed by atoms with van der Waals surface area (Å²) < 4.78 is 11.2. The van der Waals surface area contributed by atoms with Gasteiger partial charge in [0.2, 0.25) is 5.88 Å². The highest BCUT2D eigenvalue weighted by Gasteiger charge is 2.24. The maximum absolute atomic E-state index is 12.1. The lowest BCUT2D eigenvalue weighted by Gasteiger charge is -2.29. The van der Waals surface area contributed by atoms with Gasteiger partial charge in [0.25, 0.3) is 0 Å². The van der Waals surface area contributed by atoms with Crippen molar-refractivity contribution < 1.29 is 14.3 Å². The van der Waals surface area contributed by atoms with Crippen LogP contribution >= 0.6 is 24.0 Å². The molecule has 0 bridgehead atoms. The number of alkyl carbamates (subject to hydrolysis) is 1. The van der Waals surface area contributed by atoms with Gasteiger partial charge in [0.05, 0.1) is 5.54 Å². The van der Waals surface area contributed by atoms with E-state index in [2.05, 4.69) is 25.9 Å². The van der Waals surface area contributed by atoms with Gasteiger partial charge in [-0.2, -0.15) is 0 Å². The van der Waals surface area contributed by atoms with Crippen LogP contribution in [0.4, 0.5) is 4.79 Å². The molecule has 1 aromatic heterocycles. The fourth-order valence-corrected chi connectivity index (χ4v) is 2.74. The van der Waals surface area contributed by atoms with Crippen LogP contribution in [0.1, 0.15) is 45.7 Å². The second-order valence-electron chi connectivity index (χ2n) is 9.03. The quantitative estimate of drug-likeness (QED) is 0.250. The van der Waals surface area contributed by atoms with Gasteiger partial charge in [0.15, 0.2) is 5.96 Å². The Morgan fingerprint density at radius 1 is 1.03 bits per heavy atom. The Balaban J connectivity index is 0.00000544. The molecule has 2 aromatic rings. The molecule has 9 heteroatoms. The molecule has 0 atom stereocenters. The molecule has 1 amide bonds. The fourth-order valence-electron chi connectivity index (χ4n) is 2.74. The average molecular weight is 569 g/mol. The van der Waals surface area contributed by atoms with Crippen LogP contribution in [-0.4, -0.2) is 41.8 Å². The van der Waals surface area contributed by atoms with Crippen molar-refractivity contribution in [3.63, 3.8) is 0 Å². The molecule has 0 radical (unpaired) electrons. The molecule has 1 aromatic carbocycles. The third-order valence-electron chi connectivity index (χ3n) is 4.28. The summed E-state index contributed by atoms with van der Waals surface area (Å²) in [6.45, 7) is 10.7. The number of ether oxygens (including phenoxy) is 2. The lowest BCUT2D eigenvalue weighted by molar-refractivity contribution is 0.0474. The number of aromatic nitrogens is 1. The Morgan fingerprint density at radius 2 is 1.73 bits per heavy atom. The minimum absolute atomic E-state index is 0. The Kier molecular flexibility index (Phi) is 11.4. The third-order valence-corrected chi connectivity index (χ3v) is 4.28. The van der Waals surface area contributed by atoms with Crippen LogP contribution in [0.5, 0.6) is 5.88 Å². The smallest absolute Gasteiger partial charge is 0.408 e. The molecule has 33 heavy (non-hydrogen) atoms. The summed E-state index contributed by atoms with van der Waals surface area (Å²) in [5.41, 5.74) is 0.903. The second kappa shape index (κ2) is 13.2. The van der Waals surface area contributed by atoms with Crippen molar-refractivity contribution in [2.24, 2.45) is 4.99 Å². The van der Waals surface area contributed by atoms with Crippen molar-refractivity contribution >= 4 is 36.0 Å². The zero-order valence-electron chi connectivity index (χ0n) is 20.3. The molecule has 3 N–H and O–H groups in total. The summed E-state index contributed by atoms with van der Waals surface area (Å²) in [6, 6.07) is 13.8. The average Bonchev–Trinajstić information content (AvgIpc) is 2.72. The molecule has 0 saturated carbocycles. The fraction of sp³-hybridized carbons (Fsp3) is 0.458. The predicted octanol–water partition coefficient (Wildman–Crippen LogP) is 4.25. The number of benzene rings is 1. The van der Waals surface area contributed by atoms with Crippen LogP contribution in [-0.2, 0) is 17.9 Å². The van der Waals surface area contributed by atoms with Crippen LogP contribution in [0.25, 0.3) is 0 Å². The van der Waals surface area contributed by atoms with Gasteiger partial charge in [0, 0.05) is 31.9 Å². The Morgan fingerprint density at radius 3 is 2.36 bits per heavy atom. The number of hydrogen-bond acceptors (Lipinski definition) is 5. The molecule has 0 unspecified atom stereocenters. The van der Waals surface area contributed by atoms with Gasteiger partial charge in [-0.1, -0.05) is 36.4 Å². The van der Waals surface area contributed by atoms with E-state index in [1.165, 1.54) is 0 Å². The minimum atomic E-state index is -0.546. The number of halogens is 1. The molecule has 0 spiro atoms. The van der Waals surface area contributed by atoms with E-state index < -0.39 is 17.2 Å². The first kappa shape index (κ1) is 28.5. The van der Waals surface area contributed by atoms with E-state index in [1.54, 1.807) is 13.2 Å². The van der Waals surface area contributed by atoms with Gasteiger partial charge in [-0.3, -0.25) is 4.99 Å². The highest BCUT2D eigenvalue weighted by Crippen LogP contribution is 2.16. The summed E-state index contributed by atoms with van der Waals surface area (Å²) in [5.74, 6) is 1.17. The number of guanidine groups is 1. The first-order valence-corrected chi connectivity index (χ1v) is 10.6. The maximum atomic E-state index is 12.1. The first-order valence-electron chi connectivity index (χ1n) is 10.6. The molecule has 2 rings (SSSR count). The second-order valence-corrected chi connectivity index (χ2v) is 9.03. The van der Waals surface area contributed by atoms with Crippen molar-refractivity contribution in [2.45, 2.75) is 58.9 Å². The van der Waals surface area contributed by atoms with Crippen LogP contribution in [0.15, 0.2) is 53.7 Å². The summed E-state index contributed by atoms with van der Waals surface area (Å²) in [5, 5.41) is 9.37. The summed E-state index contributed by atoms with van der Waals surface area (Å²) >= 11 is 0. The summed E-state index contributed by atoms with van der Waals surface area (Å²) in [4.78, 5) is 20.7. The monoisotopic (exact) mass is 569 g/mol. The number of nitrogens with zero attached hydrogens (tertiary/aromatic N) is 2. The van der Waals surface area contributed by atoms with E-state index in [-0.39, 0.29) is 24.0 Å². The Hall–Kier alpha value is -2.56. The molecular formula is C24H36IN5O3. The zero-order valence-corrected chi connectivity index (χ0v) is 22.6. The van der Waals surface area contributed by atoms with Gasteiger partial charge >= 0.3 is 6.09 Å². The van der Waals surface area contributed by atoms with E-state index >= 15 is 0 Å². The van der Waals surface area contributed by atoms with E-state index in [0.717, 1.165) is 11.1 Å². The zero-order chi connectivity index (χ0) is 23.6. The van der Waals surface area contributed by atoms with E-state index in [0.29, 0.717) is 31.5 Å². The molecule has 0 fully saturated rings. The van der Waals surface area contributed by atoms with Gasteiger partial charge in [-0.15, -0.1) is 24.0 Å². The van der Waals surface area contributed by atoms with Crippen molar-refractivity contribution in [1.82, 2.24) is 20.9 Å². The maximum Gasteiger partial charge on any atom is 0.408 e. The van der Waals surface area contributed by atoms with E-state index in [9.17, 15) is 4.79 Å². The molecule has 8 nitrogen and oxygen atoms in total. The first-order chi connectivity index (χ1) is 15.1. The van der Waals surface area contributed by atoms with Crippen LogP contribution < -0.4 is 20.7 Å². The van der Waals surface area contributed by atoms with Crippen molar-refractivity contribution in [2.75, 3.05) is 13.6 Å². The number of nitrogens with one attached hydrogen (secondary N) is 3. The minimum Gasteiger partial charge on any atom is -0.473 e. The van der Waals surface area contributed by atoms with Gasteiger partial charge in [0.1, 0.15) is 12.2 Å². The number of pyridine rings is 1. The third kappa shape index (κ3) is 11.2. The number of hydrogen-bond donors (Lipinski definition) is 3. The lowest BCUT2D eigenvalue weighted by atomic mass is 10.1. The molecule has 1 heterocycles. The lowest BCUT2D eigenvalue weighted by Crippen LogP contribution is -2.54. The Labute approximate surface area is 214 Å². The number of amides is 1. The topological polar surface area (TPSA) is 96.9 Å². The van der Waals surface area contributed by atoms with Gasteiger partial charge in [-0.25, -0.2) is 9.78 Å². The SMILES string of the molecule is CN=C(NCc1cccnc1OCc1ccccc1)NCC(C)(C)NC(=O)OC(C)(C)C.I. The molecule has 182 valence electrons. The predicted molar refractivity (Wildman–Crippen MR) is 142 cm³/mol. The number of aliphatic imine (C=N–C) groups is 1. The molecule has 0 aliphatic heterocycles. The Bertz CT molecular complexity index is 898. The van der Waals surface area contributed by atoms with Crippen molar-refractivity contribution in [3.8, 4) is 5.88 Å². The standard InChI is InChI=1S/C24H35N5O3.HI/c1-23(2,3)32-22(30)29-24(4,5)17-28-21(25-6)27-15-19-13-10-14-26-20(19)31-16-18-11-8-7-9-12-18;/h7-14H,15-17H2,1-6H3,(H,29,30)(H2,25,27,28);1H. The van der Waals surface area contributed by atoms with Crippen LogP contribution in [0.2, 0.25) is 0 Å². The highest BCUT2D eigenvalue weighted by molar-refractivity contribution is 14.0. The van der Waals surface area contributed by atoms with E-state index in [1.807, 2.05) is 77.1 Å². The normalized spacial score (nSPS) is 11.8. The van der Waals surface area contributed by atoms with E-state index in [4.69, 9.17) is 9.47 Å². The van der Waals surface area contributed by atoms with Gasteiger partial charge in [-0.05, 0) is 46.2 Å². The molecule has 0 aliphatic rings. The van der Waals surface area contributed by atoms with Crippen molar-refractivity contribution in [1.29, 1.82) is 0 Å². The van der Waals surface area contributed by atoms with Gasteiger partial charge < -0.3 is 25.4 Å². The molecule has 0 aliphatic carbocycles. The summed E-state index contributed by atoms with van der Waals surface area (Å²) in [7, 11) is 1.69. The largest absolute Gasteiger partial charge is 0.473 e. The summed E-state index contributed by atoms with van der Waals surface area (Å²) in [6.07, 6.45) is 1.25. The van der Waals surface area contributed by atoms with Crippen molar-refractivity contribution in [3.05, 3.63) is 59.8 Å². The van der Waals surface area contributed by atoms with Crippen LogP contribution in [0, 0.1) is 0 Å². The highest BCUT2D eigenvalue weighted by atomic mass is 127. The number of rotatable bonds is 8. The van der Waals surface area contributed by atoms with Crippen LogP contribution in [0.3, 0.4) is 0 Å². The molecule has 0 saturated heterocycles. The molecular weight excluding hydrogens is 533 g/mol.